The van der Waals surface area contributed by atoms with E-state index in [2.05, 4.69) is 13.8 Å². The molecular weight excluding hydrogens is 210 g/mol. The number of carbonyl (C=O) groups excluding carboxylic acids is 1. The Kier molecular flexibility index (Phi) is 5.44. The molecule has 0 atom stereocenters. The Hall–Kier alpha value is -0.240. The Balaban J connectivity index is 2.36. The maximum atomic E-state index is 11.9. The van der Waals surface area contributed by atoms with Gasteiger partial charge in [0, 0.05) is 24.9 Å². The summed E-state index contributed by atoms with van der Waals surface area (Å²) in [6.07, 6.45) is 5.28. The maximum absolute atomic E-state index is 11.9. The molecule has 0 N–H and O–H groups in total. The molecule has 0 bridgehead atoms. The largest absolute Gasteiger partial charge is 0.339 e. The topological polar surface area (TPSA) is 20.3 Å². The molecule has 0 radical (unpaired) electrons. The molecule has 0 heterocycles. The molecule has 3 heteroatoms. The van der Waals surface area contributed by atoms with Crippen LogP contribution in [-0.4, -0.2) is 29.3 Å². The number of rotatable bonds is 6. The Bertz CT molecular complexity index is 202. The lowest BCUT2D eigenvalue weighted by Crippen LogP contribution is -2.45. The molecule has 1 aliphatic carbocycles. The summed E-state index contributed by atoms with van der Waals surface area (Å²) in [6, 6.07) is 0.489. The van der Waals surface area contributed by atoms with Crippen LogP contribution in [0.4, 0.5) is 0 Å². The van der Waals surface area contributed by atoms with Gasteiger partial charge in [0.15, 0.2) is 0 Å². The maximum Gasteiger partial charge on any atom is 0.222 e. The van der Waals surface area contributed by atoms with Crippen LogP contribution in [0, 0.1) is 5.92 Å². The number of alkyl halides is 1. The van der Waals surface area contributed by atoms with Crippen LogP contribution in [0.25, 0.3) is 0 Å². The van der Waals surface area contributed by atoms with Gasteiger partial charge in [-0.1, -0.05) is 13.8 Å². The van der Waals surface area contributed by atoms with Gasteiger partial charge in [-0.05, 0) is 31.6 Å². The molecule has 0 aliphatic heterocycles. The van der Waals surface area contributed by atoms with E-state index < -0.39 is 0 Å². The van der Waals surface area contributed by atoms with Crippen LogP contribution in [0.5, 0.6) is 0 Å². The van der Waals surface area contributed by atoms with Crippen molar-refractivity contribution in [3.63, 3.8) is 0 Å². The fourth-order valence-corrected chi connectivity index (χ4v) is 2.04. The van der Waals surface area contributed by atoms with Gasteiger partial charge in [0.1, 0.15) is 0 Å². The molecule has 1 aliphatic rings. The minimum absolute atomic E-state index is 0.300. The van der Waals surface area contributed by atoms with Gasteiger partial charge < -0.3 is 4.90 Å². The van der Waals surface area contributed by atoms with Crippen LogP contribution >= 0.6 is 11.6 Å². The van der Waals surface area contributed by atoms with Crippen molar-refractivity contribution in [2.45, 2.75) is 52.0 Å². The average molecular weight is 232 g/mol. The summed E-state index contributed by atoms with van der Waals surface area (Å²) < 4.78 is 0. The van der Waals surface area contributed by atoms with Crippen LogP contribution in [0.3, 0.4) is 0 Å². The lowest BCUT2D eigenvalue weighted by Gasteiger charge is -2.37. The van der Waals surface area contributed by atoms with Crippen molar-refractivity contribution in [1.29, 1.82) is 0 Å². The van der Waals surface area contributed by atoms with Crippen molar-refractivity contribution in [2.75, 3.05) is 12.4 Å². The third kappa shape index (κ3) is 4.02. The van der Waals surface area contributed by atoms with Gasteiger partial charge in [0.2, 0.25) is 5.91 Å². The van der Waals surface area contributed by atoms with Gasteiger partial charge in [-0.25, -0.2) is 0 Å². The van der Waals surface area contributed by atoms with Crippen molar-refractivity contribution < 1.29 is 4.79 Å². The van der Waals surface area contributed by atoms with E-state index in [-0.39, 0.29) is 0 Å². The van der Waals surface area contributed by atoms with E-state index in [1.807, 2.05) is 4.90 Å². The van der Waals surface area contributed by atoms with Crippen molar-refractivity contribution in [3.8, 4) is 0 Å². The fraction of sp³-hybridized carbons (Fsp3) is 0.917. The molecule has 88 valence electrons. The molecule has 1 saturated carbocycles. The first kappa shape index (κ1) is 12.8. The minimum Gasteiger partial charge on any atom is -0.339 e. The molecule has 1 rings (SSSR count). The molecule has 0 aromatic carbocycles. The number of hydrogen-bond donors (Lipinski definition) is 0. The predicted octanol–water partition coefficient (Wildman–Crippen LogP) is 3.04. The molecule has 1 amide bonds. The van der Waals surface area contributed by atoms with Gasteiger partial charge >= 0.3 is 0 Å². The smallest absolute Gasteiger partial charge is 0.222 e. The van der Waals surface area contributed by atoms with Crippen LogP contribution < -0.4 is 0 Å². The molecule has 1 fully saturated rings. The zero-order chi connectivity index (χ0) is 11.3. The quantitative estimate of drug-likeness (QED) is 0.644. The van der Waals surface area contributed by atoms with E-state index in [9.17, 15) is 4.79 Å². The second-order valence-electron chi connectivity index (χ2n) is 4.79. The zero-order valence-corrected chi connectivity index (χ0v) is 10.6. The number of carbonyl (C=O) groups is 1. The third-order valence-electron chi connectivity index (χ3n) is 3.10. The highest BCUT2D eigenvalue weighted by Gasteiger charge is 2.27. The first-order valence-electron chi connectivity index (χ1n) is 6.00. The van der Waals surface area contributed by atoms with Gasteiger partial charge in [0.25, 0.3) is 0 Å². The fourth-order valence-electron chi connectivity index (χ4n) is 1.86. The van der Waals surface area contributed by atoms with E-state index in [1.165, 1.54) is 19.3 Å². The van der Waals surface area contributed by atoms with E-state index in [0.29, 0.717) is 30.2 Å². The monoisotopic (exact) mass is 231 g/mol. The summed E-state index contributed by atoms with van der Waals surface area (Å²) in [4.78, 5) is 13.9. The number of nitrogens with zero attached hydrogens (tertiary/aromatic N) is 1. The van der Waals surface area contributed by atoms with E-state index >= 15 is 0 Å². The summed E-state index contributed by atoms with van der Waals surface area (Å²) >= 11 is 5.73. The molecule has 15 heavy (non-hydrogen) atoms. The first-order valence-corrected chi connectivity index (χ1v) is 6.54. The SMILES string of the molecule is CC(C)CCC(=O)N(CCCl)C1CCC1. The van der Waals surface area contributed by atoms with E-state index in [0.717, 1.165) is 13.0 Å². The average Bonchev–Trinajstić information content (AvgIpc) is 2.10. The minimum atomic E-state index is 0.300. The van der Waals surface area contributed by atoms with E-state index in [4.69, 9.17) is 11.6 Å². The lowest BCUT2D eigenvalue weighted by molar-refractivity contribution is -0.135. The van der Waals surface area contributed by atoms with Crippen molar-refractivity contribution in [2.24, 2.45) is 5.92 Å². The standard InChI is InChI=1S/C12H22ClNO/c1-10(2)6-7-12(15)14(9-8-13)11-4-3-5-11/h10-11H,3-9H2,1-2H3. The Labute approximate surface area is 98.0 Å². The highest BCUT2D eigenvalue weighted by atomic mass is 35.5. The normalized spacial score (nSPS) is 16.5. The molecule has 2 nitrogen and oxygen atoms in total. The van der Waals surface area contributed by atoms with Crippen LogP contribution in [0.1, 0.15) is 46.0 Å². The van der Waals surface area contributed by atoms with Gasteiger partial charge in [0.05, 0.1) is 0 Å². The highest BCUT2D eigenvalue weighted by molar-refractivity contribution is 6.18. The van der Waals surface area contributed by atoms with E-state index in [1.54, 1.807) is 0 Å². The third-order valence-corrected chi connectivity index (χ3v) is 3.27. The number of hydrogen-bond acceptors (Lipinski definition) is 1. The lowest BCUT2D eigenvalue weighted by atomic mass is 9.91. The molecular formula is C12H22ClNO. The molecule has 0 unspecified atom stereocenters. The molecule has 0 aromatic heterocycles. The van der Waals surface area contributed by atoms with Crippen LogP contribution in [0.2, 0.25) is 0 Å². The van der Waals surface area contributed by atoms with Crippen LogP contribution in [0.15, 0.2) is 0 Å². The molecule has 0 saturated heterocycles. The Morgan fingerprint density at radius 3 is 2.53 bits per heavy atom. The second-order valence-corrected chi connectivity index (χ2v) is 5.17. The van der Waals surface area contributed by atoms with Crippen molar-refractivity contribution >= 4 is 17.5 Å². The number of halogens is 1. The first-order chi connectivity index (χ1) is 7.15. The van der Waals surface area contributed by atoms with Crippen molar-refractivity contribution in [1.82, 2.24) is 4.90 Å². The highest BCUT2D eigenvalue weighted by Crippen LogP contribution is 2.25. The summed E-state index contributed by atoms with van der Waals surface area (Å²) in [5, 5.41) is 0. The summed E-state index contributed by atoms with van der Waals surface area (Å²) in [5.74, 6) is 1.46. The summed E-state index contributed by atoms with van der Waals surface area (Å²) in [6.45, 7) is 5.04. The second kappa shape index (κ2) is 6.37. The zero-order valence-electron chi connectivity index (χ0n) is 9.84. The van der Waals surface area contributed by atoms with Crippen molar-refractivity contribution in [3.05, 3.63) is 0 Å². The van der Waals surface area contributed by atoms with Gasteiger partial charge in [-0.15, -0.1) is 11.6 Å². The number of amides is 1. The predicted molar refractivity (Wildman–Crippen MR) is 64.1 cm³/mol. The molecule has 0 spiro atoms. The van der Waals surface area contributed by atoms with Crippen LogP contribution in [-0.2, 0) is 4.79 Å². The summed E-state index contributed by atoms with van der Waals surface area (Å²) in [5.41, 5.74) is 0. The summed E-state index contributed by atoms with van der Waals surface area (Å²) in [7, 11) is 0. The Morgan fingerprint density at radius 2 is 2.13 bits per heavy atom. The Morgan fingerprint density at radius 1 is 1.47 bits per heavy atom. The molecule has 0 aromatic rings. The van der Waals surface area contributed by atoms with Gasteiger partial charge in [-0.3, -0.25) is 4.79 Å². The van der Waals surface area contributed by atoms with Gasteiger partial charge in [-0.2, -0.15) is 0 Å².